The van der Waals surface area contributed by atoms with Gasteiger partial charge in [0, 0.05) is 27.2 Å². The summed E-state index contributed by atoms with van der Waals surface area (Å²) in [7, 11) is 0. The van der Waals surface area contributed by atoms with E-state index in [-0.39, 0.29) is 5.69 Å². The minimum atomic E-state index is -0.417. The zero-order valence-corrected chi connectivity index (χ0v) is 13.1. The van der Waals surface area contributed by atoms with E-state index in [4.69, 9.17) is 4.52 Å². The summed E-state index contributed by atoms with van der Waals surface area (Å²) in [6.45, 7) is 1.67. The van der Waals surface area contributed by atoms with Gasteiger partial charge in [0.1, 0.15) is 0 Å². The average molecular weight is 360 g/mol. The van der Waals surface area contributed by atoms with Crippen LogP contribution in [0, 0.1) is 17.0 Å². The van der Waals surface area contributed by atoms with Crippen molar-refractivity contribution in [2.75, 3.05) is 0 Å². The van der Waals surface area contributed by atoms with Crippen LogP contribution in [0.4, 0.5) is 5.69 Å². The molecule has 6 nitrogen and oxygen atoms in total. The Bertz CT molecular complexity index is 861. The van der Waals surface area contributed by atoms with Gasteiger partial charge in [-0.1, -0.05) is 33.2 Å². The molecule has 1 heterocycles. The number of benzene rings is 2. The van der Waals surface area contributed by atoms with Gasteiger partial charge in [-0.25, -0.2) is 0 Å². The standard InChI is InChI=1S/C15H10BrN3O3/c1-9-7-11(5-6-13(9)19(20)21)15-17-14(18-22-15)10-3-2-4-12(16)8-10/h2-8H,1H3. The molecule has 0 amide bonds. The Balaban J connectivity index is 1.97. The molecule has 0 bridgehead atoms. The molecule has 22 heavy (non-hydrogen) atoms. The summed E-state index contributed by atoms with van der Waals surface area (Å²) in [6, 6.07) is 12.2. The molecule has 0 radical (unpaired) electrons. The molecule has 0 aliphatic rings. The molecule has 2 aromatic carbocycles. The lowest BCUT2D eigenvalue weighted by atomic mass is 10.1. The second-order valence-electron chi connectivity index (χ2n) is 4.69. The highest BCUT2D eigenvalue weighted by atomic mass is 79.9. The smallest absolute Gasteiger partial charge is 0.272 e. The molecule has 110 valence electrons. The van der Waals surface area contributed by atoms with E-state index in [9.17, 15) is 10.1 Å². The molecule has 0 N–H and O–H groups in total. The van der Waals surface area contributed by atoms with Gasteiger partial charge in [0.2, 0.25) is 5.82 Å². The maximum atomic E-state index is 10.8. The van der Waals surface area contributed by atoms with Crippen molar-refractivity contribution in [3.05, 3.63) is 62.6 Å². The molecular weight excluding hydrogens is 350 g/mol. The summed E-state index contributed by atoms with van der Waals surface area (Å²) in [5.74, 6) is 0.792. The molecule has 3 aromatic rings. The largest absolute Gasteiger partial charge is 0.334 e. The number of rotatable bonds is 3. The SMILES string of the molecule is Cc1cc(-c2nc(-c3cccc(Br)c3)no2)ccc1[N+](=O)[O-]. The van der Waals surface area contributed by atoms with Crippen molar-refractivity contribution in [2.45, 2.75) is 6.92 Å². The number of hydrogen-bond donors (Lipinski definition) is 0. The summed E-state index contributed by atoms with van der Waals surface area (Å²) in [4.78, 5) is 14.8. The molecule has 0 saturated carbocycles. The van der Waals surface area contributed by atoms with E-state index in [0.717, 1.165) is 10.0 Å². The van der Waals surface area contributed by atoms with E-state index in [2.05, 4.69) is 26.1 Å². The summed E-state index contributed by atoms with van der Waals surface area (Å²) in [5.41, 5.74) is 2.08. The Hall–Kier alpha value is -2.54. The quantitative estimate of drug-likeness (QED) is 0.511. The number of nitro groups is 1. The van der Waals surface area contributed by atoms with Gasteiger partial charge in [-0.05, 0) is 31.2 Å². The lowest BCUT2D eigenvalue weighted by molar-refractivity contribution is -0.385. The maximum Gasteiger partial charge on any atom is 0.272 e. The normalized spacial score (nSPS) is 10.6. The summed E-state index contributed by atoms with van der Waals surface area (Å²) in [5, 5.41) is 14.8. The second kappa shape index (κ2) is 5.69. The Kier molecular flexibility index (Phi) is 3.72. The number of nitrogens with zero attached hydrogens (tertiary/aromatic N) is 3. The van der Waals surface area contributed by atoms with Crippen molar-refractivity contribution in [3.8, 4) is 22.8 Å². The van der Waals surface area contributed by atoms with Crippen molar-refractivity contribution in [1.29, 1.82) is 0 Å². The minimum absolute atomic E-state index is 0.0653. The van der Waals surface area contributed by atoms with Crippen LogP contribution in [0.3, 0.4) is 0 Å². The Morgan fingerprint density at radius 1 is 1.18 bits per heavy atom. The zero-order chi connectivity index (χ0) is 15.7. The number of halogens is 1. The van der Waals surface area contributed by atoms with Crippen LogP contribution in [0.5, 0.6) is 0 Å². The third kappa shape index (κ3) is 2.75. The van der Waals surface area contributed by atoms with Crippen LogP contribution >= 0.6 is 15.9 Å². The fourth-order valence-corrected chi connectivity index (χ4v) is 2.48. The van der Waals surface area contributed by atoms with Crippen LogP contribution in [0.1, 0.15) is 5.56 Å². The van der Waals surface area contributed by atoms with Crippen LogP contribution in [0.15, 0.2) is 51.5 Å². The summed E-state index contributed by atoms with van der Waals surface area (Å²) in [6.07, 6.45) is 0. The Labute approximate surface area is 134 Å². The first kappa shape index (κ1) is 14.4. The molecule has 0 saturated heterocycles. The molecule has 0 spiro atoms. The highest BCUT2D eigenvalue weighted by Crippen LogP contribution is 2.27. The Morgan fingerprint density at radius 2 is 2.00 bits per heavy atom. The number of aryl methyl sites for hydroxylation is 1. The molecule has 0 fully saturated rings. The molecule has 7 heteroatoms. The maximum absolute atomic E-state index is 10.8. The van der Waals surface area contributed by atoms with Gasteiger partial charge in [0.05, 0.1) is 4.92 Å². The zero-order valence-electron chi connectivity index (χ0n) is 11.5. The number of hydrogen-bond acceptors (Lipinski definition) is 5. The third-order valence-electron chi connectivity index (χ3n) is 3.15. The molecule has 0 aliphatic carbocycles. The second-order valence-corrected chi connectivity index (χ2v) is 5.61. The number of nitro benzene ring substituents is 1. The van der Waals surface area contributed by atoms with Crippen LogP contribution in [-0.4, -0.2) is 15.1 Å². The van der Waals surface area contributed by atoms with Gasteiger partial charge >= 0.3 is 0 Å². The predicted molar refractivity (Wildman–Crippen MR) is 84.3 cm³/mol. The lowest BCUT2D eigenvalue weighted by Crippen LogP contribution is -1.91. The van der Waals surface area contributed by atoms with E-state index in [0.29, 0.717) is 22.8 Å². The van der Waals surface area contributed by atoms with Crippen LogP contribution in [-0.2, 0) is 0 Å². The summed E-state index contributed by atoms with van der Waals surface area (Å²) < 4.78 is 6.17. The first-order valence-electron chi connectivity index (χ1n) is 6.39. The van der Waals surface area contributed by atoms with E-state index >= 15 is 0 Å². The first-order chi connectivity index (χ1) is 10.5. The van der Waals surface area contributed by atoms with Crippen molar-refractivity contribution in [1.82, 2.24) is 10.1 Å². The van der Waals surface area contributed by atoms with Gasteiger partial charge in [0.25, 0.3) is 11.6 Å². The highest BCUT2D eigenvalue weighted by Gasteiger charge is 2.15. The fraction of sp³-hybridized carbons (Fsp3) is 0.0667. The van der Waals surface area contributed by atoms with Crippen LogP contribution in [0.2, 0.25) is 0 Å². The van der Waals surface area contributed by atoms with Crippen LogP contribution in [0.25, 0.3) is 22.8 Å². The average Bonchev–Trinajstić information content (AvgIpc) is 2.96. The van der Waals surface area contributed by atoms with Crippen LogP contribution < -0.4 is 0 Å². The minimum Gasteiger partial charge on any atom is -0.334 e. The van der Waals surface area contributed by atoms with E-state index in [1.807, 2.05) is 24.3 Å². The summed E-state index contributed by atoms with van der Waals surface area (Å²) >= 11 is 3.39. The first-order valence-corrected chi connectivity index (χ1v) is 7.19. The monoisotopic (exact) mass is 359 g/mol. The fourth-order valence-electron chi connectivity index (χ4n) is 2.08. The van der Waals surface area contributed by atoms with E-state index in [1.165, 1.54) is 6.07 Å². The predicted octanol–water partition coefficient (Wildman–Crippen LogP) is 4.38. The van der Waals surface area contributed by atoms with Gasteiger partial charge in [-0.15, -0.1) is 0 Å². The van der Waals surface area contributed by atoms with Crippen molar-refractivity contribution in [2.24, 2.45) is 0 Å². The van der Waals surface area contributed by atoms with Gasteiger partial charge in [0.15, 0.2) is 0 Å². The topological polar surface area (TPSA) is 82.1 Å². The van der Waals surface area contributed by atoms with Gasteiger partial charge < -0.3 is 4.52 Å². The third-order valence-corrected chi connectivity index (χ3v) is 3.64. The highest BCUT2D eigenvalue weighted by molar-refractivity contribution is 9.10. The molecule has 1 aromatic heterocycles. The van der Waals surface area contributed by atoms with E-state index in [1.54, 1.807) is 19.1 Å². The lowest BCUT2D eigenvalue weighted by Gasteiger charge is -1.98. The molecular formula is C15H10BrN3O3. The molecule has 0 aliphatic heterocycles. The molecule has 0 atom stereocenters. The van der Waals surface area contributed by atoms with Gasteiger partial charge in [-0.3, -0.25) is 10.1 Å². The van der Waals surface area contributed by atoms with Crippen molar-refractivity contribution in [3.63, 3.8) is 0 Å². The molecule has 0 unspecified atom stereocenters. The Morgan fingerprint density at radius 3 is 2.68 bits per heavy atom. The van der Waals surface area contributed by atoms with Crippen molar-refractivity contribution >= 4 is 21.6 Å². The molecule has 3 rings (SSSR count). The number of aromatic nitrogens is 2. The van der Waals surface area contributed by atoms with E-state index < -0.39 is 4.92 Å². The van der Waals surface area contributed by atoms with Crippen molar-refractivity contribution < 1.29 is 9.45 Å². The van der Waals surface area contributed by atoms with Gasteiger partial charge in [-0.2, -0.15) is 4.98 Å².